The van der Waals surface area contributed by atoms with Crippen LogP contribution in [0.5, 0.6) is 0 Å². The summed E-state index contributed by atoms with van der Waals surface area (Å²) in [7, 11) is 0. The maximum Gasteiger partial charge on any atom is 0.140 e. The molecule has 3 rings (SSSR count). The van der Waals surface area contributed by atoms with Gasteiger partial charge in [-0.05, 0) is 29.8 Å². The van der Waals surface area contributed by atoms with Gasteiger partial charge in [-0.3, -0.25) is 4.98 Å². The highest BCUT2D eigenvalue weighted by molar-refractivity contribution is 6.30. The molecule has 2 aromatic heterocycles. The van der Waals surface area contributed by atoms with Crippen LogP contribution in [0.1, 0.15) is 11.7 Å². The molecular weight excluding hydrogens is 286 g/mol. The Labute approximate surface area is 127 Å². The van der Waals surface area contributed by atoms with Crippen molar-refractivity contribution in [3.8, 4) is 11.4 Å². The fraction of sp³-hybridized carbons (Fsp3) is 0.125. The first-order chi connectivity index (χ1) is 10.2. The summed E-state index contributed by atoms with van der Waals surface area (Å²) in [6.07, 6.45) is 6.42. The number of imidazole rings is 1. The molecule has 0 bridgehead atoms. The van der Waals surface area contributed by atoms with Crippen molar-refractivity contribution in [2.45, 2.75) is 12.6 Å². The van der Waals surface area contributed by atoms with E-state index in [1.807, 2.05) is 35.0 Å². The summed E-state index contributed by atoms with van der Waals surface area (Å²) in [4.78, 5) is 8.35. The fourth-order valence-corrected chi connectivity index (χ4v) is 2.32. The molecule has 1 N–H and O–H groups in total. The Kier molecular flexibility index (Phi) is 3.99. The highest BCUT2D eigenvalue weighted by Gasteiger charge is 2.12. The molecule has 2 heterocycles. The number of hydrogen-bond donors (Lipinski definition) is 1. The number of pyridine rings is 1. The minimum Gasteiger partial charge on any atom is -0.387 e. The van der Waals surface area contributed by atoms with Crippen LogP contribution in [0.4, 0.5) is 0 Å². The molecule has 4 nitrogen and oxygen atoms in total. The molecule has 1 aromatic carbocycles. The van der Waals surface area contributed by atoms with Crippen LogP contribution in [-0.2, 0) is 6.54 Å². The second-order valence-electron chi connectivity index (χ2n) is 4.71. The second-order valence-corrected chi connectivity index (χ2v) is 5.14. The van der Waals surface area contributed by atoms with Crippen molar-refractivity contribution in [3.63, 3.8) is 0 Å². The van der Waals surface area contributed by atoms with E-state index in [4.69, 9.17) is 11.6 Å². The van der Waals surface area contributed by atoms with Crippen LogP contribution < -0.4 is 0 Å². The third-order valence-electron chi connectivity index (χ3n) is 3.28. The number of aliphatic hydroxyl groups excluding tert-OH is 1. The summed E-state index contributed by atoms with van der Waals surface area (Å²) in [6.45, 7) is 0.430. The summed E-state index contributed by atoms with van der Waals surface area (Å²) in [5.74, 6) is 0.811. The summed E-state index contributed by atoms with van der Waals surface area (Å²) in [6, 6.07) is 11.0. The quantitative estimate of drug-likeness (QED) is 0.804. The van der Waals surface area contributed by atoms with Crippen LogP contribution in [0.2, 0.25) is 5.02 Å². The van der Waals surface area contributed by atoms with E-state index in [-0.39, 0.29) is 0 Å². The van der Waals surface area contributed by atoms with Crippen LogP contribution in [0.15, 0.2) is 61.2 Å². The van der Waals surface area contributed by atoms with E-state index in [1.165, 1.54) is 0 Å². The molecule has 0 radical (unpaired) electrons. The van der Waals surface area contributed by atoms with Crippen molar-refractivity contribution in [3.05, 3.63) is 71.8 Å². The highest BCUT2D eigenvalue weighted by atomic mass is 35.5. The third-order valence-corrected chi connectivity index (χ3v) is 3.53. The maximum absolute atomic E-state index is 10.4. The van der Waals surface area contributed by atoms with Gasteiger partial charge in [-0.25, -0.2) is 4.98 Å². The Morgan fingerprint density at radius 1 is 1.05 bits per heavy atom. The van der Waals surface area contributed by atoms with Crippen molar-refractivity contribution in [2.75, 3.05) is 0 Å². The zero-order chi connectivity index (χ0) is 14.7. The molecule has 0 saturated carbocycles. The van der Waals surface area contributed by atoms with Crippen molar-refractivity contribution in [2.24, 2.45) is 0 Å². The first-order valence-electron chi connectivity index (χ1n) is 6.59. The minimum atomic E-state index is -0.614. The molecule has 0 amide bonds. The molecule has 0 aliphatic carbocycles. The van der Waals surface area contributed by atoms with Gasteiger partial charge in [-0.1, -0.05) is 23.7 Å². The second kappa shape index (κ2) is 6.08. The topological polar surface area (TPSA) is 50.9 Å². The Morgan fingerprint density at radius 2 is 1.76 bits per heavy atom. The van der Waals surface area contributed by atoms with Gasteiger partial charge in [0.15, 0.2) is 0 Å². The third kappa shape index (κ3) is 3.12. The van der Waals surface area contributed by atoms with Crippen molar-refractivity contribution < 1.29 is 5.11 Å². The zero-order valence-electron chi connectivity index (χ0n) is 11.2. The smallest absolute Gasteiger partial charge is 0.140 e. The Bertz CT molecular complexity index is 710. The lowest BCUT2D eigenvalue weighted by atomic mass is 10.1. The van der Waals surface area contributed by atoms with Crippen LogP contribution in [-0.4, -0.2) is 19.6 Å². The molecule has 21 heavy (non-hydrogen) atoms. The Balaban J connectivity index is 1.83. The Morgan fingerprint density at radius 3 is 2.48 bits per heavy atom. The minimum absolute atomic E-state index is 0.430. The van der Waals surface area contributed by atoms with Gasteiger partial charge in [-0.15, -0.1) is 0 Å². The van der Waals surface area contributed by atoms with Gasteiger partial charge in [0.05, 0.1) is 12.6 Å². The summed E-state index contributed by atoms with van der Waals surface area (Å²) < 4.78 is 1.93. The van der Waals surface area contributed by atoms with Gasteiger partial charge < -0.3 is 9.67 Å². The summed E-state index contributed by atoms with van der Waals surface area (Å²) in [5, 5.41) is 11.0. The Hall–Kier alpha value is -2.17. The van der Waals surface area contributed by atoms with E-state index in [9.17, 15) is 5.11 Å². The van der Waals surface area contributed by atoms with E-state index < -0.39 is 6.10 Å². The molecule has 0 aliphatic heterocycles. The van der Waals surface area contributed by atoms with E-state index in [0.29, 0.717) is 11.6 Å². The van der Waals surface area contributed by atoms with Gasteiger partial charge >= 0.3 is 0 Å². The molecule has 1 atom stereocenters. The van der Waals surface area contributed by atoms with Gasteiger partial charge in [-0.2, -0.15) is 0 Å². The highest BCUT2D eigenvalue weighted by Crippen LogP contribution is 2.22. The lowest BCUT2D eigenvalue weighted by molar-refractivity contribution is 0.157. The maximum atomic E-state index is 10.4. The summed E-state index contributed by atoms with van der Waals surface area (Å²) >= 11 is 5.86. The molecule has 0 aliphatic rings. The van der Waals surface area contributed by atoms with Crippen LogP contribution in [0.3, 0.4) is 0 Å². The molecule has 0 unspecified atom stereocenters. The van der Waals surface area contributed by atoms with E-state index in [2.05, 4.69) is 9.97 Å². The van der Waals surface area contributed by atoms with Gasteiger partial charge in [0.25, 0.3) is 0 Å². The van der Waals surface area contributed by atoms with Crippen molar-refractivity contribution in [1.82, 2.24) is 14.5 Å². The van der Waals surface area contributed by atoms with Crippen LogP contribution in [0, 0.1) is 0 Å². The zero-order valence-corrected chi connectivity index (χ0v) is 12.0. The average Bonchev–Trinajstić information content (AvgIpc) is 2.97. The van der Waals surface area contributed by atoms with E-state index >= 15 is 0 Å². The van der Waals surface area contributed by atoms with Crippen molar-refractivity contribution in [1.29, 1.82) is 0 Å². The molecule has 0 fully saturated rings. The lowest BCUT2D eigenvalue weighted by Crippen LogP contribution is -2.09. The number of rotatable bonds is 4. The van der Waals surface area contributed by atoms with Crippen molar-refractivity contribution >= 4 is 11.6 Å². The number of benzene rings is 1. The summed E-state index contributed by atoms with van der Waals surface area (Å²) in [5.41, 5.74) is 1.80. The fourth-order valence-electron chi connectivity index (χ4n) is 2.19. The molecule has 0 saturated heterocycles. The number of aliphatic hydroxyl groups is 1. The van der Waals surface area contributed by atoms with Crippen LogP contribution >= 0.6 is 11.6 Å². The number of halogens is 1. The largest absolute Gasteiger partial charge is 0.387 e. The lowest BCUT2D eigenvalue weighted by Gasteiger charge is -2.14. The SMILES string of the molecule is O[C@H](Cn1ccnc1-c1ccncc1)c1ccc(Cl)cc1. The average molecular weight is 300 g/mol. The van der Waals surface area contributed by atoms with Crippen LogP contribution in [0.25, 0.3) is 11.4 Å². The number of aromatic nitrogens is 3. The number of hydrogen-bond acceptors (Lipinski definition) is 3. The standard InChI is InChI=1S/C16H14ClN3O/c17-14-3-1-12(2-4-14)15(21)11-20-10-9-19-16(20)13-5-7-18-8-6-13/h1-10,15,21H,11H2/t15-/m1/s1. The monoisotopic (exact) mass is 299 g/mol. The van der Waals surface area contributed by atoms with Gasteiger partial charge in [0, 0.05) is 35.4 Å². The van der Waals surface area contributed by atoms with Gasteiger partial charge in [0.1, 0.15) is 5.82 Å². The van der Waals surface area contributed by atoms with E-state index in [1.54, 1.807) is 30.7 Å². The molecular formula is C16H14ClN3O. The predicted molar refractivity (Wildman–Crippen MR) is 81.9 cm³/mol. The molecule has 5 heteroatoms. The first kappa shape index (κ1) is 13.8. The predicted octanol–water partition coefficient (Wildman–Crippen LogP) is 3.33. The van der Waals surface area contributed by atoms with E-state index in [0.717, 1.165) is 17.0 Å². The number of nitrogens with zero attached hydrogens (tertiary/aromatic N) is 3. The van der Waals surface area contributed by atoms with Gasteiger partial charge in [0.2, 0.25) is 0 Å². The molecule has 106 valence electrons. The molecule has 3 aromatic rings. The molecule has 0 spiro atoms. The first-order valence-corrected chi connectivity index (χ1v) is 6.97. The normalized spacial score (nSPS) is 12.3.